The fourth-order valence-corrected chi connectivity index (χ4v) is 5.20. The second-order valence-electron chi connectivity index (χ2n) is 8.92. The SMILES string of the molecule is C[C@@H]1[C@H]2CO[C@]1(Cc1ccc(NC(=O)C3NN=C(C4CC4)C3(C)Cl)cc1)CN2. The molecule has 3 heterocycles. The van der Waals surface area contributed by atoms with E-state index in [0.717, 1.165) is 43.8 Å². The lowest BCUT2D eigenvalue weighted by atomic mass is 9.85. The number of halogens is 1. The first kappa shape index (κ1) is 18.4. The average molecular weight is 403 g/mol. The Bertz CT molecular complexity index is 810. The number of hydrogen-bond donors (Lipinski definition) is 3. The van der Waals surface area contributed by atoms with Crippen LogP contribution in [0.4, 0.5) is 5.69 Å². The number of nitrogens with zero attached hydrogens (tertiary/aromatic N) is 1. The van der Waals surface area contributed by atoms with E-state index in [2.05, 4.69) is 40.2 Å². The van der Waals surface area contributed by atoms with Crippen LogP contribution in [0.5, 0.6) is 0 Å². The lowest BCUT2D eigenvalue weighted by molar-refractivity contribution is -0.118. The number of nitrogens with one attached hydrogen (secondary N) is 3. The molecule has 1 saturated carbocycles. The smallest absolute Gasteiger partial charge is 0.250 e. The van der Waals surface area contributed by atoms with E-state index in [4.69, 9.17) is 16.3 Å². The van der Waals surface area contributed by atoms with E-state index in [9.17, 15) is 4.79 Å². The molecule has 3 fully saturated rings. The molecule has 4 aliphatic rings. The van der Waals surface area contributed by atoms with Crippen LogP contribution in [0.25, 0.3) is 0 Å². The molecule has 1 aliphatic carbocycles. The van der Waals surface area contributed by atoms with Crippen LogP contribution in [0, 0.1) is 11.8 Å². The minimum atomic E-state index is -0.772. The van der Waals surface area contributed by atoms with E-state index in [-0.39, 0.29) is 11.5 Å². The number of hydrogen-bond acceptors (Lipinski definition) is 5. The molecule has 0 radical (unpaired) electrons. The van der Waals surface area contributed by atoms with Crippen molar-refractivity contribution >= 4 is 28.9 Å². The molecule has 6 nitrogen and oxygen atoms in total. The summed E-state index contributed by atoms with van der Waals surface area (Å²) in [6, 6.07) is 7.96. The van der Waals surface area contributed by atoms with Crippen molar-refractivity contribution in [2.45, 2.75) is 55.7 Å². The zero-order valence-electron chi connectivity index (χ0n) is 16.3. The molecule has 150 valence electrons. The van der Waals surface area contributed by atoms with Crippen molar-refractivity contribution in [3.63, 3.8) is 0 Å². The van der Waals surface area contributed by atoms with Gasteiger partial charge in [0.2, 0.25) is 0 Å². The van der Waals surface area contributed by atoms with Gasteiger partial charge >= 0.3 is 0 Å². The van der Waals surface area contributed by atoms with Gasteiger partial charge in [-0.15, -0.1) is 11.6 Å². The van der Waals surface area contributed by atoms with Crippen molar-refractivity contribution < 1.29 is 9.53 Å². The van der Waals surface area contributed by atoms with Crippen molar-refractivity contribution in [1.29, 1.82) is 0 Å². The first-order valence-electron chi connectivity index (χ1n) is 10.2. The van der Waals surface area contributed by atoms with Crippen molar-refractivity contribution in [3.8, 4) is 0 Å². The summed E-state index contributed by atoms with van der Waals surface area (Å²) in [6.07, 6.45) is 3.10. The van der Waals surface area contributed by atoms with Gasteiger partial charge in [0.15, 0.2) is 0 Å². The maximum Gasteiger partial charge on any atom is 0.250 e. The molecule has 2 saturated heterocycles. The Morgan fingerprint density at radius 2 is 2.11 bits per heavy atom. The number of hydrazone groups is 1. The number of carbonyl (C=O) groups excluding carboxylic acids is 1. The topological polar surface area (TPSA) is 74.8 Å². The summed E-state index contributed by atoms with van der Waals surface area (Å²) in [5, 5.41) is 10.9. The van der Waals surface area contributed by atoms with Crippen LogP contribution in [-0.2, 0) is 16.0 Å². The summed E-state index contributed by atoms with van der Waals surface area (Å²) in [7, 11) is 0. The number of amides is 1. The third kappa shape index (κ3) is 2.93. The first-order chi connectivity index (χ1) is 13.4. The molecule has 0 aromatic heterocycles. The van der Waals surface area contributed by atoms with E-state index in [1.807, 2.05) is 19.1 Å². The van der Waals surface area contributed by atoms with E-state index in [1.54, 1.807) is 0 Å². The predicted octanol–water partition coefficient (Wildman–Crippen LogP) is 2.28. The van der Waals surface area contributed by atoms with Crippen LogP contribution in [0.1, 0.15) is 32.3 Å². The van der Waals surface area contributed by atoms with Crippen molar-refractivity contribution in [2.75, 3.05) is 18.5 Å². The number of rotatable bonds is 5. The summed E-state index contributed by atoms with van der Waals surface area (Å²) >= 11 is 6.69. The number of benzene rings is 1. The Balaban J connectivity index is 1.23. The number of carbonyl (C=O) groups is 1. The highest BCUT2D eigenvalue weighted by molar-refractivity contribution is 6.39. The van der Waals surface area contributed by atoms with Gasteiger partial charge < -0.3 is 15.4 Å². The van der Waals surface area contributed by atoms with E-state index < -0.39 is 10.9 Å². The van der Waals surface area contributed by atoms with Gasteiger partial charge in [-0.3, -0.25) is 10.2 Å². The molecule has 3 N–H and O–H groups in total. The van der Waals surface area contributed by atoms with Gasteiger partial charge in [0, 0.05) is 36.5 Å². The quantitative estimate of drug-likeness (QED) is 0.660. The molecule has 7 heteroatoms. The molecule has 2 bridgehead atoms. The van der Waals surface area contributed by atoms with Gasteiger partial charge in [-0.1, -0.05) is 19.1 Å². The predicted molar refractivity (Wildman–Crippen MR) is 110 cm³/mol. The third-order valence-corrected chi connectivity index (χ3v) is 7.37. The van der Waals surface area contributed by atoms with Gasteiger partial charge in [0.25, 0.3) is 5.91 Å². The monoisotopic (exact) mass is 402 g/mol. The molecule has 5 rings (SSSR count). The standard InChI is InChI=1S/C21H27ClN4O2/c1-12-16-10-28-21(12,11-23-16)9-13-3-7-15(8-4-13)24-19(27)18-20(2,22)17(25-26-18)14-5-6-14/h3-4,7-8,12,14,16,18,23,26H,5-6,9-11H2,1-2H3,(H,24,27)/t12-,16-,18?,20?,21-/m1/s1. The highest BCUT2D eigenvalue weighted by Gasteiger charge is 2.53. The zero-order chi connectivity index (χ0) is 19.5. The Kier molecular flexibility index (Phi) is 4.23. The Morgan fingerprint density at radius 1 is 1.36 bits per heavy atom. The highest BCUT2D eigenvalue weighted by atomic mass is 35.5. The van der Waals surface area contributed by atoms with Crippen molar-refractivity contribution in [2.24, 2.45) is 16.9 Å². The summed E-state index contributed by atoms with van der Waals surface area (Å²) in [5.41, 5.74) is 5.74. The van der Waals surface area contributed by atoms with Crippen LogP contribution in [0.15, 0.2) is 29.4 Å². The molecule has 1 amide bonds. The van der Waals surface area contributed by atoms with Crippen LogP contribution in [0.3, 0.4) is 0 Å². The maximum atomic E-state index is 12.8. The number of anilines is 1. The van der Waals surface area contributed by atoms with E-state index >= 15 is 0 Å². The Hall–Kier alpha value is -1.63. The average Bonchev–Trinajstić information content (AvgIpc) is 3.32. The lowest BCUT2D eigenvalue weighted by Crippen LogP contribution is -2.50. The maximum absolute atomic E-state index is 12.8. The number of morpholine rings is 1. The summed E-state index contributed by atoms with van der Waals surface area (Å²) in [4.78, 5) is 12.0. The molecule has 1 aromatic rings. The summed E-state index contributed by atoms with van der Waals surface area (Å²) in [5.74, 6) is 0.789. The summed E-state index contributed by atoms with van der Waals surface area (Å²) in [6.45, 7) is 5.85. The van der Waals surface area contributed by atoms with Crippen LogP contribution < -0.4 is 16.1 Å². The van der Waals surface area contributed by atoms with Crippen LogP contribution in [-0.4, -0.2) is 47.3 Å². The second-order valence-corrected chi connectivity index (χ2v) is 9.71. The molecule has 3 aliphatic heterocycles. The van der Waals surface area contributed by atoms with Gasteiger partial charge in [-0.2, -0.15) is 5.10 Å². The molecule has 2 unspecified atom stereocenters. The van der Waals surface area contributed by atoms with Crippen LogP contribution in [0.2, 0.25) is 0 Å². The second kappa shape index (κ2) is 6.44. The molecule has 1 aromatic carbocycles. The molecular formula is C21H27ClN4O2. The van der Waals surface area contributed by atoms with Crippen LogP contribution >= 0.6 is 11.6 Å². The normalized spacial score (nSPS) is 39.0. The number of ether oxygens (including phenoxy) is 1. The van der Waals surface area contributed by atoms with Gasteiger partial charge in [0.05, 0.1) is 17.9 Å². The Morgan fingerprint density at radius 3 is 2.68 bits per heavy atom. The van der Waals surface area contributed by atoms with E-state index in [0.29, 0.717) is 17.9 Å². The first-order valence-corrected chi connectivity index (χ1v) is 10.6. The van der Waals surface area contributed by atoms with Crippen molar-refractivity contribution in [1.82, 2.24) is 10.7 Å². The molecule has 28 heavy (non-hydrogen) atoms. The largest absolute Gasteiger partial charge is 0.371 e. The number of fused-ring (bicyclic) bond motifs is 2. The van der Waals surface area contributed by atoms with Gasteiger partial charge in [-0.25, -0.2) is 0 Å². The van der Waals surface area contributed by atoms with Gasteiger partial charge in [-0.05, 0) is 37.5 Å². The minimum Gasteiger partial charge on any atom is -0.371 e. The molecule has 5 atom stereocenters. The Labute approximate surface area is 170 Å². The fourth-order valence-electron chi connectivity index (χ4n) is 4.85. The third-order valence-electron chi connectivity index (χ3n) is 6.96. The molecule has 0 spiro atoms. The van der Waals surface area contributed by atoms with E-state index in [1.165, 1.54) is 5.56 Å². The van der Waals surface area contributed by atoms with Crippen molar-refractivity contribution in [3.05, 3.63) is 29.8 Å². The summed E-state index contributed by atoms with van der Waals surface area (Å²) < 4.78 is 6.11. The van der Waals surface area contributed by atoms with Gasteiger partial charge in [0.1, 0.15) is 10.9 Å². The zero-order valence-corrected chi connectivity index (χ0v) is 17.1. The molecular weight excluding hydrogens is 376 g/mol. The number of alkyl halides is 1. The minimum absolute atomic E-state index is 0.0970. The highest BCUT2D eigenvalue weighted by Crippen LogP contribution is 2.41. The fraction of sp³-hybridized carbons (Fsp3) is 0.619. The lowest BCUT2D eigenvalue weighted by Gasteiger charge is -2.29.